The predicted octanol–water partition coefficient (Wildman–Crippen LogP) is 7.21. The van der Waals surface area contributed by atoms with Gasteiger partial charge in [-0.05, 0) is 35.4 Å². The molecule has 2 saturated heterocycles. The van der Waals surface area contributed by atoms with E-state index in [9.17, 15) is 18.3 Å². The standard InChI is InChI=1S/C36H43F3O8/c1-33(2)18-43-31(44-19-33)24-10-12-29(42-6)27(15-24)36(40,26-9-7-8-23(14-26)17-35(37,38)39)28-16-25(11-13-30(28)47-22-41-5)32-45-20-34(3,4)21-46-32/h7-16,31-32,40H,17-22H2,1-6H3. The molecule has 11 heteroatoms. The van der Waals surface area contributed by atoms with E-state index in [4.69, 9.17) is 33.2 Å². The molecule has 3 aromatic rings. The Morgan fingerprint density at radius 2 is 1.26 bits per heavy atom. The smallest absolute Gasteiger partial charge is 0.393 e. The second kappa shape index (κ2) is 13.7. The van der Waals surface area contributed by atoms with Crippen molar-refractivity contribution in [3.63, 3.8) is 0 Å². The molecule has 1 atom stereocenters. The van der Waals surface area contributed by atoms with Crippen molar-refractivity contribution >= 4 is 0 Å². The van der Waals surface area contributed by atoms with Gasteiger partial charge in [-0.3, -0.25) is 0 Å². The zero-order chi connectivity index (χ0) is 34.0. The average molecular weight is 661 g/mol. The van der Waals surface area contributed by atoms with Crippen LogP contribution in [0.1, 0.15) is 73.7 Å². The summed E-state index contributed by atoms with van der Waals surface area (Å²) in [5.41, 5.74) is -0.720. The molecular weight excluding hydrogens is 617 g/mol. The van der Waals surface area contributed by atoms with Crippen molar-refractivity contribution in [2.45, 2.75) is 58.5 Å². The van der Waals surface area contributed by atoms with Crippen LogP contribution in [0.4, 0.5) is 13.2 Å². The van der Waals surface area contributed by atoms with Crippen LogP contribution in [0.25, 0.3) is 0 Å². The summed E-state index contributed by atoms with van der Waals surface area (Å²) in [6.07, 6.45) is -7.13. The van der Waals surface area contributed by atoms with Crippen LogP contribution in [0, 0.1) is 10.8 Å². The Morgan fingerprint density at radius 3 is 1.74 bits per heavy atom. The summed E-state index contributed by atoms with van der Waals surface area (Å²) in [5, 5.41) is 13.2. The van der Waals surface area contributed by atoms with Crippen molar-refractivity contribution in [3.05, 3.63) is 94.0 Å². The molecule has 2 aliphatic rings. The number of hydrogen-bond acceptors (Lipinski definition) is 8. The lowest BCUT2D eigenvalue weighted by Crippen LogP contribution is -2.35. The minimum Gasteiger partial charge on any atom is -0.496 e. The summed E-state index contributed by atoms with van der Waals surface area (Å²) in [6.45, 7) is 9.73. The molecule has 8 nitrogen and oxygen atoms in total. The van der Waals surface area contributed by atoms with Crippen LogP contribution in [0.5, 0.6) is 11.5 Å². The van der Waals surface area contributed by atoms with Gasteiger partial charge < -0.3 is 38.3 Å². The first-order valence-electron chi connectivity index (χ1n) is 15.4. The largest absolute Gasteiger partial charge is 0.496 e. The number of methoxy groups -OCH3 is 2. The topological polar surface area (TPSA) is 84.8 Å². The van der Waals surface area contributed by atoms with E-state index in [0.717, 1.165) is 0 Å². The van der Waals surface area contributed by atoms with Crippen molar-refractivity contribution in [2.75, 3.05) is 47.4 Å². The highest BCUT2D eigenvalue weighted by molar-refractivity contribution is 5.58. The van der Waals surface area contributed by atoms with Gasteiger partial charge >= 0.3 is 6.18 Å². The molecule has 0 aromatic heterocycles. The third-order valence-corrected chi connectivity index (χ3v) is 8.13. The summed E-state index contributed by atoms with van der Waals surface area (Å²) in [4.78, 5) is 0. The van der Waals surface area contributed by atoms with Gasteiger partial charge in [0, 0.05) is 40.2 Å². The summed E-state index contributed by atoms with van der Waals surface area (Å²) in [5.74, 6) is 0.512. The van der Waals surface area contributed by atoms with Gasteiger partial charge in [0.1, 0.15) is 17.1 Å². The van der Waals surface area contributed by atoms with Crippen LogP contribution in [0.2, 0.25) is 0 Å². The van der Waals surface area contributed by atoms with E-state index < -0.39 is 30.8 Å². The monoisotopic (exact) mass is 660 g/mol. The lowest BCUT2D eigenvalue weighted by molar-refractivity contribution is -0.226. The second-order valence-corrected chi connectivity index (χ2v) is 13.7. The van der Waals surface area contributed by atoms with E-state index in [2.05, 4.69) is 0 Å². The molecule has 5 rings (SSSR count). The summed E-state index contributed by atoms with van der Waals surface area (Å²) >= 11 is 0. The number of halogens is 3. The highest BCUT2D eigenvalue weighted by Gasteiger charge is 2.42. The zero-order valence-electron chi connectivity index (χ0n) is 27.6. The third kappa shape index (κ3) is 8.10. The molecule has 2 heterocycles. The van der Waals surface area contributed by atoms with Crippen LogP contribution >= 0.6 is 0 Å². The molecule has 1 unspecified atom stereocenters. The molecular formula is C36H43F3O8. The van der Waals surface area contributed by atoms with E-state index in [1.807, 2.05) is 27.7 Å². The van der Waals surface area contributed by atoms with Gasteiger partial charge in [-0.25, -0.2) is 0 Å². The first-order chi connectivity index (χ1) is 22.1. The van der Waals surface area contributed by atoms with Crippen molar-refractivity contribution in [3.8, 4) is 11.5 Å². The Kier molecular flexibility index (Phi) is 10.3. The number of aliphatic hydroxyl groups is 1. The van der Waals surface area contributed by atoms with Crippen molar-refractivity contribution in [2.24, 2.45) is 10.8 Å². The van der Waals surface area contributed by atoms with E-state index in [1.54, 1.807) is 42.5 Å². The molecule has 256 valence electrons. The van der Waals surface area contributed by atoms with Gasteiger partial charge in [0.05, 0.1) is 40.0 Å². The first-order valence-corrected chi connectivity index (χ1v) is 15.4. The van der Waals surface area contributed by atoms with Crippen LogP contribution in [-0.4, -0.2) is 58.7 Å². The quantitative estimate of drug-likeness (QED) is 0.181. The fraction of sp³-hybridized carbons (Fsp3) is 0.500. The van der Waals surface area contributed by atoms with Crippen molar-refractivity contribution in [1.29, 1.82) is 0 Å². The average Bonchev–Trinajstić information content (AvgIpc) is 3.02. The Morgan fingerprint density at radius 1 is 0.745 bits per heavy atom. The summed E-state index contributed by atoms with van der Waals surface area (Å²) < 4.78 is 81.9. The molecule has 0 bridgehead atoms. The normalized spacial score (nSPS) is 20.0. The van der Waals surface area contributed by atoms with Gasteiger partial charge in [-0.15, -0.1) is 0 Å². The van der Waals surface area contributed by atoms with Crippen LogP contribution in [0.3, 0.4) is 0 Å². The van der Waals surface area contributed by atoms with Crippen LogP contribution < -0.4 is 9.47 Å². The maximum atomic E-state index is 13.6. The fourth-order valence-corrected chi connectivity index (χ4v) is 5.74. The molecule has 2 aliphatic heterocycles. The maximum absolute atomic E-state index is 13.6. The maximum Gasteiger partial charge on any atom is 0.393 e. The minimum atomic E-state index is -4.46. The highest BCUT2D eigenvalue weighted by Crippen LogP contribution is 2.48. The lowest BCUT2D eigenvalue weighted by Gasteiger charge is -2.37. The van der Waals surface area contributed by atoms with Gasteiger partial charge in [0.15, 0.2) is 19.4 Å². The Labute approximate surface area is 273 Å². The summed E-state index contributed by atoms with van der Waals surface area (Å²) in [6, 6.07) is 16.0. The number of hydrogen-bond donors (Lipinski definition) is 1. The first kappa shape index (κ1) is 35.1. The molecule has 0 saturated carbocycles. The van der Waals surface area contributed by atoms with E-state index >= 15 is 0 Å². The molecule has 2 fully saturated rings. The van der Waals surface area contributed by atoms with E-state index in [0.29, 0.717) is 37.6 Å². The van der Waals surface area contributed by atoms with Gasteiger partial charge in [-0.2, -0.15) is 13.2 Å². The molecule has 3 aromatic carbocycles. The molecule has 0 amide bonds. The number of benzene rings is 3. The minimum absolute atomic E-state index is 0.0265. The number of rotatable bonds is 10. The number of ether oxygens (including phenoxy) is 7. The Hall–Kier alpha value is -3.19. The summed E-state index contributed by atoms with van der Waals surface area (Å²) in [7, 11) is 2.92. The fourth-order valence-electron chi connectivity index (χ4n) is 5.74. The third-order valence-electron chi connectivity index (χ3n) is 8.13. The lowest BCUT2D eigenvalue weighted by atomic mass is 9.77. The molecule has 1 N–H and O–H groups in total. The van der Waals surface area contributed by atoms with Crippen molar-refractivity contribution in [1.82, 2.24) is 0 Å². The van der Waals surface area contributed by atoms with E-state index in [1.165, 1.54) is 32.4 Å². The van der Waals surface area contributed by atoms with Gasteiger partial charge in [-0.1, -0.05) is 64.1 Å². The number of alkyl halides is 3. The van der Waals surface area contributed by atoms with Crippen LogP contribution in [-0.2, 0) is 35.7 Å². The van der Waals surface area contributed by atoms with Gasteiger partial charge in [0.2, 0.25) is 0 Å². The predicted molar refractivity (Wildman–Crippen MR) is 167 cm³/mol. The highest BCUT2D eigenvalue weighted by atomic mass is 19.4. The van der Waals surface area contributed by atoms with E-state index in [-0.39, 0.29) is 51.4 Å². The zero-order valence-corrected chi connectivity index (χ0v) is 27.6. The molecule has 0 aliphatic carbocycles. The van der Waals surface area contributed by atoms with Crippen molar-refractivity contribution < 1.29 is 51.4 Å². The molecule has 0 spiro atoms. The Balaban J connectivity index is 1.72. The molecule has 47 heavy (non-hydrogen) atoms. The Bertz CT molecular complexity index is 1520. The van der Waals surface area contributed by atoms with Crippen LogP contribution in [0.15, 0.2) is 60.7 Å². The second-order valence-electron chi connectivity index (χ2n) is 13.7. The van der Waals surface area contributed by atoms with Gasteiger partial charge in [0.25, 0.3) is 0 Å². The SMILES string of the molecule is COCOc1ccc(C2OCC(C)(C)CO2)cc1C(O)(c1cccc(CC(F)(F)F)c1)c1cc(C2OCC(C)(C)CO2)ccc1OC. The molecule has 0 radical (unpaired) electrons.